The van der Waals surface area contributed by atoms with Gasteiger partial charge in [-0.15, -0.1) is 0 Å². The lowest BCUT2D eigenvalue weighted by Gasteiger charge is -2.14. The number of hydrogen-bond acceptors (Lipinski definition) is 2. The molecule has 2 nitrogen and oxygen atoms in total. The van der Waals surface area contributed by atoms with Gasteiger partial charge in [0.05, 0.1) is 0 Å². The topological polar surface area (TPSA) is 29.3 Å². The zero-order valence-corrected chi connectivity index (χ0v) is 8.70. The molecule has 0 bridgehead atoms. The third kappa shape index (κ3) is 3.00. The highest BCUT2D eigenvalue weighted by Crippen LogP contribution is 2.26. The Morgan fingerprint density at radius 1 is 1.36 bits per heavy atom. The highest BCUT2D eigenvalue weighted by atomic mass is 19.1. The molecule has 1 rings (SSSR count). The van der Waals surface area contributed by atoms with E-state index in [4.69, 9.17) is 5.73 Å². The highest BCUT2D eigenvalue weighted by Gasteiger charge is 2.12. The van der Waals surface area contributed by atoms with E-state index in [1.807, 2.05) is 31.1 Å². The zero-order chi connectivity index (χ0) is 10.6. The largest absolute Gasteiger partial charge is 0.398 e. The monoisotopic (exact) mass is 196 g/mol. The number of alkyl halides is 1. The van der Waals surface area contributed by atoms with E-state index in [1.54, 1.807) is 12.1 Å². The molecule has 0 saturated carbocycles. The van der Waals surface area contributed by atoms with Crippen LogP contribution in [0.2, 0.25) is 0 Å². The van der Waals surface area contributed by atoms with Crippen LogP contribution in [0.4, 0.5) is 10.1 Å². The Hall–Kier alpha value is -1.09. The molecule has 0 aromatic heterocycles. The van der Waals surface area contributed by atoms with E-state index in [0.29, 0.717) is 17.7 Å². The van der Waals surface area contributed by atoms with Crippen molar-refractivity contribution in [3.8, 4) is 0 Å². The van der Waals surface area contributed by atoms with Gasteiger partial charge in [0, 0.05) is 17.8 Å². The number of para-hydroxylation sites is 1. The van der Waals surface area contributed by atoms with Crippen LogP contribution in [-0.4, -0.2) is 25.5 Å². The minimum absolute atomic E-state index is 0.487. The molecule has 1 unspecified atom stereocenters. The van der Waals surface area contributed by atoms with E-state index < -0.39 is 6.17 Å². The van der Waals surface area contributed by atoms with Gasteiger partial charge in [-0.25, -0.2) is 4.39 Å². The van der Waals surface area contributed by atoms with Crippen LogP contribution in [0.3, 0.4) is 0 Å². The molecular formula is C11H17FN2. The zero-order valence-electron chi connectivity index (χ0n) is 8.70. The van der Waals surface area contributed by atoms with Crippen LogP contribution in [0.15, 0.2) is 24.3 Å². The first-order valence-electron chi connectivity index (χ1n) is 4.74. The molecular weight excluding hydrogens is 179 g/mol. The summed E-state index contributed by atoms with van der Waals surface area (Å²) in [5.41, 5.74) is 6.82. The van der Waals surface area contributed by atoms with Crippen molar-refractivity contribution in [2.24, 2.45) is 0 Å². The molecule has 0 aliphatic rings. The summed E-state index contributed by atoms with van der Waals surface area (Å²) in [5, 5.41) is 0. The van der Waals surface area contributed by atoms with Crippen LogP contribution in [0.5, 0.6) is 0 Å². The fraction of sp³-hybridized carbons (Fsp3) is 0.455. The molecule has 0 heterocycles. The standard InChI is InChI=1S/C11H17FN2/c1-14(2)8-7-10(12)9-5-3-4-6-11(9)13/h3-6,10H,7-8,13H2,1-2H3. The second-order valence-electron chi connectivity index (χ2n) is 3.69. The lowest BCUT2D eigenvalue weighted by atomic mass is 10.1. The van der Waals surface area contributed by atoms with E-state index in [0.717, 1.165) is 6.54 Å². The number of rotatable bonds is 4. The summed E-state index contributed by atoms with van der Waals surface area (Å²) in [6, 6.07) is 7.11. The van der Waals surface area contributed by atoms with Crippen LogP contribution >= 0.6 is 0 Å². The molecule has 3 heteroatoms. The Labute approximate surface area is 84.5 Å². The Bertz CT molecular complexity index is 286. The summed E-state index contributed by atoms with van der Waals surface area (Å²) < 4.78 is 13.6. The Kier molecular flexibility index (Phi) is 3.89. The minimum Gasteiger partial charge on any atom is -0.398 e. The van der Waals surface area contributed by atoms with E-state index in [2.05, 4.69) is 0 Å². The van der Waals surface area contributed by atoms with Gasteiger partial charge in [-0.2, -0.15) is 0 Å². The molecule has 0 radical (unpaired) electrons. The third-order valence-corrected chi connectivity index (χ3v) is 2.16. The van der Waals surface area contributed by atoms with Gasteiger partial charge >= 0.3 is 0 Å². The number of nitrogens with two attached hydrogens (primary N) is 1. The number of nitrogens with zero attached hydrogens (tertiary/aromatic N) is 1. The molecule has 78 valence electrons. The van der Waals surface area contributed by atoms with E-state index >= 15 is 0 Å². The molecule has 0 amide bonds. The van der Waals surface area contributed by atoms with Crippen molar-refractivity contribution >= 4 is 5.69 Å². The predicted octanol–water partition coefficient (Wildman–Crippen LogP) is 2.23. The molecule has 0 spiro atoms. The maximum atomic E-state index is 13.6. The Balaban J connectivity index is 2.60. The second kappa shape index (κ2) is 4.96. The van der Waals surface area contributed by atoms with Crippen molar-refractivity contribution in [3.05, 3.63) is 29.8 Å². The van der Waals surface area contributed by atoms with Gasteiger partial charge < -0.3 is 10.6 Å². The quantitative estimate of drug-likeness (QED) is 0.748. The van der Waals surface area contributed by atoms with Gasteiger partial charge in [0.2, 0.25) is 0 Å². The van der Waals surface area contributed by atoms with Gasteiger partial charge in [0.25, 0.3) is 0 Å². The molecule has 1 atom stereocenters. The Morgan fingerprint density at radius 2 is 2.00 bits per heavy atom. The summed E-state index contributed by atoms with van der Waals surface area (Å²) in [4.78, 5) is 1.96. The average molecular weight is 196 g/mol. The summed E-state index contributed by atoms with van der Waals surface area (Å²) in [6.07, 6.45) is -0.472. The molecule has 0 fully saturated rings. The predicted molar refractivity (Wildman–Crippen MR) is 57.9 cm³/mol. The number of anilines is 1. The molecule has 14 heavy (non-hydrogen) atoms. The van der Waals surface area contributed by atoms with E-state index in [9.17, 15) is 4.39 Å². The lowest BCUT2D eigenvalue weighted by molar-refractivity contribution is 0.279. The van der Waals surface area contributed by atoms with Gasteiger partial charge in [0.15, 0.2) is 0 Å². The van der Waals surface area contributed by atoms with Crippen molar-refractivity contribution in [1.29, 1.82) is 0 Å². The van der Waals surface area contributed by atoms with Gasteiger partial charge in [-0.1, -0.05) is 18.2 Å². The van der Waals surface area contributed by atoms with Crippen molar-refractivity contribution in [1.82, 2.24) is 4.90 Å². The summed E-state index contributed by atoms with van der Waals surface area (Å²) in [5.74, 6) is 0. The van der Waals surface area contributed by atoms with Crippen molar-refractivity contribution in [2.75, 3.05) is 26.4 Å². The average Bonchev–Trinajstić information content (AvgIpc) is 2.15. The third-order valence-electron chi connectivity index (χ3n) is 2.16. The van der Waals surface area contributed by atoms with Crippen LogP contribution in [0.1, 0.15) is 18.2 Å². The first kappa shape index (κ1) is 11.0. The van der Waals surface area contributed by atoms with Crippen LogP contribution in [0, 0.1) is 0 Å². The number of benzene rings is 1. The molecule has 0 saturated heterocycles. The lowest BCUT2D eigenvalue weighted by Crippen LogP contribution is -2.15. The minimum atomic E-state index is -0.960. The molecule has 0 aliphatic carbocycles. The summed E-state index contributed by atoms with van der Waals surface area (Å²) in [6.45, 7) is 0.732. The first-order chi connectivity index (χ1) is 6.61. The summed E-state index contributed by atoms with van der Waals surface area (Å²) >= 11 is 0. The number of hydrogen-bond donors (Lipinski definition) is 1. The fourth-order valence-corrected chi connectivity index (χ4v) is 1.32. The Morgan fingerprint density at radius 3 is 2.57 bits per heavy atom. The maximum Gasteiger partial charge on any atom is 0.128 e. The maximum absolute atomic E-state index is 13.6. The normalized spacial score (nSPS) is 13.1. The second-order valence-corrected chi connectivity index (χ2v) is 3.69. The number of halogens is 1. The summed E-state index contributed by atoms with van der Waals surface area (Å²) in [7, 11) is 3.86. The van der Waals surface area contributed by atoms with E-state index in [1.165, 1.54) is 0 Å². The van der Waals surface area contributed by atoms with Gasteiger partial charge in [0.1, 0.15) is 6.17 Å². The smallest absolute Gasteiger partial charge is 0.128 e. The van der Waals surface area contributed by atoms with Crippen LogP contribution in [-0.2, 0) is 0 Å². The van der Waals surface area contributed by atoms with Crippen molar-refractivity contribution in [3.63, 3.8) is 0 Å². The SMILES string of the molecule is CN(C)CCC(F)c1ccccc1N. The van der Waals surface area contributed by atoms with Crippen molar-refractivity contribution in [2.45, 2.75) is 12.6 Å². The number of nitrogen functional groups attached to an aromatic ring is 1. The molecule has 1 aromatic carbocycles. The molecule has 1 aromatic rings. The van der Waals surface area contributed by atoms with Crippen LogP contribution in [0.25, 0.3) is 0 Å². The highest BCUT2D eigenvalue weighted by molar-refractivity contribution is 5.47. The molecule has 0 aliphatic heterocycles. The van der Waals surface area contributed by atoms with Crippen LogP contribution < -0.4 is 5.73 Å². The van der Waals surface area contributed by atoms with E-state index in [-0.39, 0.29) is 0 Å². The fourth-order valence-electron chi connectivity index (χ4n) is 1.32. The first-order valence-corrected chi connectivity index (χ1v) is 4.74. The van der Waals surface area contributed by atoms with Gasteiger partial charge in [-0.05, 0) is 26.6 Å². The molecule has 2 N–H and O–H groups in total. The van der Waals surface area contributed by atoms with Gasteiger partial charge in [-0.3, -0.25) is 0 Å². The van der Waals surface area contributed by atoms with Crippen molar-refractivity contribution < 1.29 is 4.39 Å².